The van der Waals surface area contributed by atoms with Crippen molar-refractivity contribution < 1.29 is 27.1 Å². The van der Waals surface area contributed by atoms with Crippen LogP contribution in [0, 0.1) is 5.82 Å². The molecule has 1 aromatic rings. The molecule has 1 atom stereocenters. The van der Waals surface area contributed by atoms with Gasteiger partial charge in [-0.1, -0.05) is 0 Å². The Balaban J connectivity index is 2.02. The first-order chi connectivity index (χ1) is 9.86. The van der Waals surface area contributed by atoms with Crippen LogP contribution in [0.3, 0.4) is 0 Å². The second-order valence-electron chi connectivity index (χ2n) is 4.64. The van der Waals surface area contributed by atoms with Gasteiger partial charge in [-0.3, -0.25) is 4.79 Å². The number of rotatable bonds is 3. The summed E-state index contributed by atoms with van der Waals surface area (Å²) in [5.74, 6) is -1.51. The Bertz CT molecular complexity index is 513. The molecule has 0 saturated carbocycles. The molecule has 0 radical (unpaired) electrons. The van der Waals surface area contributed by atoms with Crippen LogP contribution in [0.2, 0.25) is 0 Å². The van der Waals surface area contributed by atoms with Crippen molar-refractivity contribution in [3.8, 4) is 0 Å². The molecule has 1 heterocycles. The fraction of sp³-hybridized carbons (Fsp3) is 0.462. The summed E-state index contributed by atoms with van der Waals surface area (Å²) in [7, 11) is 0. The van der Waals surface area contributed by atoms with Crippen LogP contribution in [-0.4, -0.2) is 31.7 Å². The van der Waals surface area contributed by atoms with E-state index >= 15 is 0 Å². The quantitative estimate of drug-likeness (QED) is 0.842. The minimum atomic E-state index is -4.59. The fourth-order valence-corrected chi connectivity index (χ4v) is 1.96. The van der Waals surface area contributed by atoms with Crippen molar-refractivity contribution in [2.45, 2.75) is 18.7 Å². The highest BCUT2D eigenvalue weighted by molar-refractivity contribution is 5.91. The summed E-state index contributed by atoms with van der Waals surface area (Å²) in [5, 5.41) is 5.16. The van der Waals surface area contributed by atoms with Gasteiger partial charge < -0.3 is 15.4 Å². The second kappa shape index (κ2) is 6.40. The Morgan fingerprint density at radius 1 is 1.43 bits per heavy atom. The van der Waals surface area contributed by atoms with Gasteiger partial charge in [0.15, 0.2) is 0 Å². The predicted octanol–water partition coefficient (Wildman–Crippen LogP) is 2.16. The van der Waals surface area contributed by atoms with Crippen LogP contribution >= 0.6 is 0 Å². The molecule has 21 heavy (non-hydrogen) atoms. The number of anilines is 1. The molecule has 0 aromatic heterocycles. The topological polar surface area (TPSA) is 50.4 Å². The lowest BCUT2D eigenvalue weighted by molar-refractivity contribution is -0.137. The summed E-state index contributed by atoms with van der Waals surface area (Å²) in [4.78, 5) is 11.7. The van der Waals surface area contributed by atoms with Crippen LogP contribution < -0.4 is 10.6 Å². The molecule has 1 amide bonds. The van der Waals surface area contributed by atoms with E-state index in [-0.39, 0.29) is 12.5 Å². The molecule has 2 rings (SSSR count). The van der Waals surface area contributed by atoms with Gasteiger partial charge in [0.25, 0.3) is 0 Å². The molecular formula is C13H14F4N2O2. The number of hydrogen-bond acceptors (Lipinski definition) is 3. The van der Waals surface area contributed by atoms with Gasteiger partial charge in [0.2, 0.25) is 5.91 Å². The summed E-state index contributed by atoms with van der Waals surface area (Å²) >= 11 is 0. The van der Waals surface area contributed by atoms with Gasteiger partial charge in [-0.2, -0.15) is 13.2 Å². The number of halogens is 4. The first-order valence-corrected chi connectivity index (χ1v) is 6.35. The highest BCUT2D eigenvalue weighted by Gasteiger charge is 2.31. The highest BCUT2D eigenvalue weighted by Crippen LogP contribution is 2.31. The largest absolute Gasteiger partial charge is 0.416 e. The third-order valence-corrected chi connectivity index (χ3v) is 2.99. The molecule has 1 saturated heterocycles. The van der Waals surface area contributed by atoms with E-state index in [1.165, 1.54) is 0 Å². The van der Waals surface area contributed by atoms with Crippen molar-refractivity contribution >= 4 is 11.6 Å². The minimum absolute atomic E-state index is 0.0529. The summed E-state index contributed by atoms with van der Waals surface area (Å²) in [6.45, 7) is 1.61. The zero-order chi connectivity index (χ0) is 15.5. The molecule has 2 N–H and O–H groups in total. The highest BCUT2D eigenvalue weighted by atomic mass is 19.4. The molecular weight excluding hydrogens is 292 g/mol. The average Bonchev–Trinajstić information content (AvgIpc) is 2.41. The van der Waals surface area contributed by atoms with E-state index < -0.39 is 29.2 Å². The minimum Gasteiger partial charge on any atom is -0.375 e. The zero-order valence-electron chi connectivity index (χ0n) is 11.0. The first kappa shape index (κ1) is 15.7. The van der Waals surface area contributed by atoms with Crippen LogP contribution in [0.5, 0.6) is 0 Å². The maximum Gasteiger partial charge on any atom is 0.416 e. The lowest BCUT2D eigenvalue weighted by Crippen LogP contribution is -2.40. The number of amides is 1. The molecule has 0 spiro atoms. The molecule has 1 aliphatic rings. The van der Waals surface area contributed by atoms with Crippen LogP contribution in [-0.2, 0) is 15.7 Å². The lowest BCUT2D eigenvalue weighted by atomic mass is 10.1. The molecule has 8 heteroatoms. The fourth-order valence-electron chi connectivity index (χ4n) is 1.96. The molecule has 1 aromatic carbocycles. The number of carbonyl (C=O) groups is 1. The second-order valence-corrected chi connectivity index (χ2v) is 4.64. The van der Waals surface area contributed by atoms with Gasteiger partial charge in [0.1, 0.15) is 5.82 Å². The maximum absolute atomic E-state index is 13.5. The van der Waals surface area contributed by atoms with E-state index in [4.69, 9.17) is 4.74 Å². The van der Waals surface area contributed by atoms with E-state index in [1.807, 2.05) is 0 Å². The van der Waals surface area contributed by atoms with Gasteiger partial charge in [0.05, 0.1) is 30.4 Å². The third kappa shape index (κ3) is 4.40. The van der Waals surface area contributed by atoms with Crippen molar-refractivity contribution in [2.24, 2.45) is 0 Å². The standard InChI is InChI=1S/C13H14F4N2O2/c14-10-2-1-8(13(15,16)17)5-11(10)19-12(20)6-9-7-18-3-4-21-9/h1-2,5,9,18H,3-4,6-7H2,(H,19,20). The number of carbonyl (C=O) groups excluding carboxylic acids is 1. The van der Waals surface area contributed by atoms with Crippen molar-refractivity contribution in [1.82, 2.24) is 5.32 Å². The molecule has 1 fully saturated rings. The number of morpholine rings is 1. The van der Waals surface area contributed by atoms with E-state index in [0.29, 0.717) is 37.9 Å². The van der Waals surface area contributed by atoms with Gasteiger partial charge in [-0.05, 0) is 18.2 Å². The summed E-state index contributed by atoms with van der Waals surface area (Å²) in [6.07, 6.45) is -5.01. The van der Waals surface area contributed by atoms with Crippen molar-refractivity contribution in [2.75, 3.05) is 25.0 Å². The molecule has 0 bridgehead atoms. The number of hydrogen-bond donors (Lipinski definition) is 2. The Hall–Kier alpha value is -1.67. The van der Waals surface area contributed by atoms with Gasteiger partial charge >= 0.3 is 6.18 Å². The predicted molar refractivity (Wildman–Crippen MR) is 67.3 cm³/mol. The Labute approximate surface area is 118 Å². The van der Waals surface area contributed by atoms with Crippen LogP contribution in [0.15, 0.2) is 18.2 Å². The summed E-state index contributed by atoms with van der Waals surface area (Å²) in [6, 6.07) is 1.88. The molecule has 1 aliphatic heterocycles. The van der Waals surface area contributed by atoms with Gasteiger partial charge in [0, 0.05) is 13.1 Å². The summed E-state index contributed by atoms with van der Waals surface area (Å²) < 4.78 is 56.4. The molecule has 4 nitrogen and oxygen atoms in total. The van der Waals surface area contributed by atoms with Gasteiger partial charge in [-0.15, -0.1) is 0 Å². The normalized spacial score (nSPS) is 19.3. The Morgan fingerprint density at radius 3 is 2.81 bits per heavy atom. The number of alkyl halides is 3. The monoisotopic (exact) mass is 306 g/mol. The molecule has 1 unspecified atom stereocenters. The van der Waals surface area contributed by atoms with E-state index in [0.717, 1.165) is 0 Å². The maximum atomic E-state index is 13.5. The number of benzene rings is 1. The van der Waals surface area contributed by atoms with Crippen LogP contribution in [0.4, 0.5) is 23.2 Å². The zero-order valence-corrected chi connectivity index (χ0v) is 11.0. The van der Waals surface area contributed by atoms with Crippen molar-refractivity contribution in [1.29, 1.82) is 0 Å². The summed E-state index contributed by atoms with van der Waals surface area (Å²) in [5.41, 5.74) is -1.51. The number of ether oxygens (including phenoxy) is 1. The van der Waals surface area contributed by atoms with Crippen molar-refractivity contribution in [3.05, 3.63) is 29.6 Å². The smallest absolute Gasteiger partial charge is 0.375 e. The first-order valence-electron chi connectivity index (χ1n) is 6.35. The third-order valence-electron chi connectivity index (χ3n) is 2.99. The van der Waals surface area contributed by atoms with E-state index in [1.54, 1.807) is 0 Å². The lowest BCUT2D eigenvalue weighted by Gasteiger charge is -2.23. The van der Waals surface area contributed by atoms with E-state index in [2.05, 4.69) is 10.6 Å². The van der Waals surface area contributed by atoms with Crippen LogP contribution in [0.25, 0.3) is 0 Å². The Morgan fingerprint density at radius 2 is 2.19 bits per heavy atom. The SMILES string of the molecule is O=C(CC1CNCCO1)Nc1cc(C(F)(F)F)ccc1F. The Kier molecular flexibility index (Phi) is 4.79. The van der Waals surface area contributed by atoms with E-state index in [9.17, 15) is 22.4 Å². The molecule has 116 valence electrons. The van der Waals surface area contributed by atoms with Crippen LogP contribution in [0.1, 0.15) is 12.0 Å². The van der Waals surface area contributed by atoms with Gasteiger partial charge in [-0.25, -0.2) is 4.39 Å². The number of nitrogens with one attached hydrogen (secondary N) is 2. The molecule has 0 aliphatic carbocycles. The average molecular weight is 306 g/mol. The van der Waals surface area contributed by atoms with Crippen molar-refractivity contribution in [3.63, 3.8) is 0 Å².